The fourth-order valence-corrected chi connectivity index (χ4v) is 3.66. The minimum absolute atomic E-state index is 0.147. The summed E-state index contributed by atoms with van der Waals surface area (Å²) >= 11 is 0. The van der Waals surface area contributed by atoms with E-state index in [0.29, 0.717) is 33.8 Å². The average Bonchev–Trinajstić information content (AvgIpc) is 3.14. The van der Waals surface area contributed by atoms with Crippen LogP contribution in [-0.4, -0.2) is 35.5 Å². The van der Waals surface area contributed by atoms with E-state index in [1.165, 1.54) is 25.5 Å². The number of fused-ring (bicyclic) bond motifs is 1. The van der Waals surface area contributed by atoms with Gasteiger partial charge < -0.3 is 15.4 Å². The van der Waals surface area contributed by atoms with Crippen molar-refractivity contribution in [3.05, 3.63) is 60.9 Å². The molecular formula is C19H17N5O3S. The molecule has 28 heavy (non-hydrogen) atoms. The molecule has 8 nitrogen and oxygen atoms in total. The molecule has 2 heterocycles. The van der Waals surface area contributed by atoms with Crippen molar-refractivity contribution < 1.29 is 13.5 Å². The van der Waals surface area contributed by atoms with Crippen LogP contribution < -0.4 is 10.0 Å². The largest absolute Gasteiger partial charge is 0.507 e. The van der Waals surface area contributed by atoms with Gasteiger partial charge in [-0.15, -0.1) is 0 Å². The van der Waals surface area contributed by atoms with Crippen molar-refractivity contribution in [2.75, 3.05) is 12.4 Å². The number of para-hydroxylation sites is 1. The van der Waals surface area contributed by atoms with Gasteiger partial charge in [0.2, 0.25) is 10.0 Å². The van der Waals surface area contributed by atoms with Gasteiger partial charge in [0.25, 0.3) is 0 Å². The van der Waals surface area contributed by atoms with E-state index in [0.717, 1.165) is 0 Å². The van der Waals surface area contributed by atoms with E-state index in [9.17, 15) is 13.5 Å². The van der Waals surface area contributed by atoms with Gasteiger partial charge in [-0.25, -0.2) is 23.1 Å². The number of hydrogen-bond donors (Lipinski definition) is 4. The first-order valence-corrected chi connectivity index (χ1v) is 9.89. The molecule has 4 aromatic rings. The molecule has 0 spiro atoms. The molecular weight excluding hydrogens is 378 g/mol. The SMILES string of the molecule is CNS(=O)(=O)c1cccc(Nc2ncnc3[nH]c(-c4ccccc4O)cc23)c1. The maximum atomic E-state index is 12.0. The van der Waals surface area contributed by atoms with Crippen LogP contribution in [0.4, 0.5) is 11.5 Å². The minimum Gasteiger partial charge on any atom is -0.507 e. The lowest BCUT2D eigenvalue weighted by molar-refractivity contribution is 0.477. The van der Waals surface area contributed by atoms with Crippen LogP contribution in [0.2, 0.25) is 0 Å². The number of aromatic nitrogens is 3. The average molecular weight is 395 g/mol. The van der Waals surface area contributed by atoms with Crippen LogP contribution in [0.3, 0.4) is 0 Å². The molecule has 2 aromatic heterocycles. The Morgan fingerprint density at radius 2 is 1.86 bits per heavy atom. The van der Waals surface area contributed by atoms with E-state index in [1.54, 1.807) is 30.3 Å². The van der Waals surface area contributed by atoms with Crippen molar-refractivity contribution in [2.45, 2.75) is 4.90 Å². The minimum atomic E-state index is -3.55. The Morgan fingerprint density at radius 3 is 2.64 bits per heavy atom. The van der Waals surface area contributed by atoms with Gasteiger partial charge in [-0.3, -0.25) is 0 Å². The summed E-state index contributed by atoms with van der Waals surface area (Å²) < 4.78 is 26.3. The van der Waals surface area contributed by atoms with E-state index in [1.807, 2.05) is 12.1 Å². The topological polar surface area (TPSA) is 120 Å². The Morgan fingerprint density at radius 1 is 1.04 bits per heavy atom. The van der Waals surface area contributed by atoms with Gasteiger partial charge in [0.15, 0.2) is 0 Å². The normalized spacial score (nSPS) is 11.6. The molecule has 4 N–H and O–H groups in total. The lowest BCUT2D eigenvalue weighted by atomic mass is 10.1. The van der Waals surface area contributed by atoms with E-state index < -0.39 is 10.0 Å². The molecule has 9 heteroatoms. The van der Waals surface area contributed by atoms with E-state index in [-0.39, 0.29) is 10.6 Å². The summed E-state index contributed by atoms with van der Waals surface area (Å²) in [5, 5.41) is 13.9. The second-order valence-corrected chi connectivity index (χ2v) is 7.93. The summed E-state index contributed by atoms with van der Waals surface area (Å²) in [5.41, 5.74) is 2.51. The van der Waals surface area contributed by atoms with Gasteiger partial charge in [0.05, 0.1) is 16.0 Å². The standard InChI is InChI=1S/C19H17N5O3S/c1-20-28(26,27)13-6-4-5-12(9-13)23-18-15-10-16(24-19(15)22-11-21-18)14-7-2-3-8-17(14)25/h2-11,20,25H,1H3,(H2,21,22,23,24). The second-order valence-electron chi connectivity index (χ2n) is 6.05. The van der Waals surface area contributed by atoms with Crippen LogP contribution in [0.15, 0.2) is 65.8 Å². The number of phenolic OH excluding ortho intramolecular Hbond substituents is 1. The van der Waals surface area contributed by atoms with Crippen molar-refractivity contribution in [1.82, 2.24) is 19.7 Å². The number of nitrogens with one attached hydrogen (secondary N) is 3. The highest BCUT2D eigenvalue weighted by atomic mass is 32.2. The first kappa shape index (κ1) is 18.0. The molecule has 0 saturated carbocycles. The molecule has 4 rings (SSSR count). The number of anilines is 2. The number of hydrogen-bond acceptors (Lipinski definition) is 6. The van der Waals surface area contributed by atoms with Crippen molar-refractivity contribution in [3.8, 4) is 17.0 Å². The number of aromatic amines is 1. The molecule has 0 aliphatic rings. The zero-order chi connectivity index (χ0) is 19.7. The highest BCUT2D eigenvalue weighted by Crippen LogP contribution is 2.32. The van der Waals surface area contributed by atoms with Crippen LogP contribution >= 0.6 is 0 Å². The molecule has 142 valence electrons. The van der Waals surface area contributed by atoms with Gasteiger partial charge in [-0.1, -0.05) is 18.2 Å². The molecule has 0 saturated heterocycles. The molecule has 0 aliphatic carbocycles. The van der Waals surface area contributed by atoms with Crippen LogP contribution in [-0.2, 0) is 10.0 Å². The Labute approximate surface area is 161 Å². The quantitative estimate of drug-likeness (QED) is 0.412. The number of H-pyrrole nitrogens is 1. The van der Waals surface area contributed by atoms with E-state index >= 15 is 0 Å². The van der Waals surface area contributed by atoms with Gasteiger partial charge in [0, 0.05) is 11.3 Å². The zero-order valence-corrected chi connectivity index (χ0v) is 15.7. The molecule has 0 radical (unpaired) electrons. The monoisotopic (exact) mass is 395 g/mol. The second kappa shape index (κ2) is 6.95. The van der Waals surface area contributed by atoms with Gasteiger partial charge in [-0.2, -0.15) is 0 Å². The Bertz CT molecular complexity index is 1270. The molecule has 0 fully saturated rings. The third-order valence-electron chi connectivity index (χ3n) is 4.30. The van der Waals surface area contributed by atoms with Crippen molar-refractivity contribution in [2.24, 2.45) is 0 Å². The molecule has 0 unspecified atom stereocenters. The zero-order valence-electron chi connectivity index (χ0n) is 14.8. The fourth-order valence-electron chi connectivity index (χ4n) is 2.88. The smallest absolute Gasteiger partial charge is 0.240 e. The lowest BCUT2D eigenvalue weighted by Gasteiger charge is -2.08. The maximum absolute atomic E-state index is 12.0. The summed E-state index contributed by atoms with van der Waals surface area (Å²) in [6, 6.07) is 15.3. The van der Waals surface area contributed by atoms with Crippen LogP contribution in [0.5, 0.6) is 5.75 Å². The summed E-state index contributed by atoms with van der Waals surface area (Å²) in [4.78, 5) is 11.8. The first-order chi connectivity index (χ1) is 13.5. The Kier molecular flexibility index (Phi) is 4.46. The molecule has 0 bridgehead atoms. The van der Waals surface area contributed by atoms with Crippen molar-refractivity contribution >= 4 is 32.6 Å². The third-order valence-corrected chi connectivity index (χ3v) is 5.71. The van der Waals surface area contributed by atoms with Gasteiger partial charge in [0.1, 0.15) is 23.5 Å². The van der Waals surface area contributed by atoms with Crippen LogP contribution in [0.25, 0.3) is 22.3 Å². The van der Waals surface area contributed by atoms with Gasteiger partial charge in [-0.05, 0) is 43.4 Å². The van der Waals surface area contributed by atoms with E-state index in [4.69, 9.17) is 0 Å². The maximum Gasteiger partial charge on any atom is 0.240 e. The summed E-state index contributed by atoms with van der Waals surface area (Å²) in [6.07, 6.45) is 1.41. The number of rotatable bonds is 5. The summed E-state index contributed by atoms with van der Waals surface area (Å²) in [5.74, 6) is 0.670. The third kappa shape index (κ3) is 3.28. The Hall–Kier alpha value is -3.43. The number of phenols is 1. The fraction of sp³-hybridized carbons (Fsp3) is 0.0526. The number of benzene rings is 2. The predicted octanol–water partition coefficient (Wildman–Crippen LogP) is 2.98. The van der Waals surface area contributed by atoms with Crippen molar-refractivity contribution in [1.29, 1.82) is 0 Å². The molecule has 0 amide bonds. The lowest BCUT2D eigenvalue weighted by Crippen LogP contribution is -2.18. The number of sulfonamides is 1. The number of aromatic hydroxyl groups is 1. The molecule has 0 atom stereocenters. The highest BCUT2D eigenvalue weighted by molar-refractivity contribution is 7.89. The number of nitrogens with zero attached hydrogens (tertiary/aromatic N) is 2. The molecule has 2 aromatic carbocycles. The predicted molar refractivity (Wildman–Crippen MR) is 107 cm³/mol. The molecule has 0 aliphatic heterocycles. The summed E-state index contributed by atoms with van der Waals surface area (Å²) in [6.45, 7) is 0. The van der Waals surface area contributed by atoms with Crippen LogP contribution in [0, 0.1) is 0 Å². The summed E-state index contributed by atoms with van der Waals surface area (Å²) in [7, 11) is -2.18. The Balaban J connectivity index is 1.75. The van der Waals surface area contributed by atoms with Gasteiger partial charge >= 0.3 is 0 Å². The van der Waals surface area contributed by atoms with E-state index in [2.05, 4.69) is 25.0 Å². The van der Waals surface area contributed by atoms with Crippen molar-refractivity contribution in [3.63, 3.8) is 0 Å². The first-order valence-electron chi connectivity index (χ1n) is 8.40. The van der Waals surface area contributed by atoms with Crippen LogP contribution in [0.1, 0.15) is 0 Å². The highest BCUT2D eigenvalue weighted by Gasteiger charge is 2.14.